The molecule has 0 aromatic heterocycles. The van der Waals surface area contributed by atoms with E-state index in [9.17, 15) is 9.59 Å². The van der Waals surface area contributed by atoms with E-state index in [1.165, 1.54) is 7.11 Å². The van der Waals surface area contributed by atoms with Crippen molar-refractivity contribution < 1.29 is 19.4 Å². The normalized spacial score (nSPS) is 15.5. The van der Waals surface area contributed by atoms with E-state index in [0.717, 1.165) is 12.8 Å². The first-order chi connectivity index (χ1) is 9.51. The Morgan fingerprint density at radius 1 is 1.50 bits per heavy atom. The molecule has 1 saturated carbocycles. The molecule has 1 amide bonds. The van der Waals surface area contributed by atoms with Crippen molar-refractivity contribution in [1.82, 2.24) is 5.32 Å². The molecule has 1 aromatic rings. The summed E-state index contributed by atoms with van der Waals surface area (Å²) in [6.07, 6.45) is 2.60. The van der Waals surface area contributed by atoms with Crippen LogP contribution >= 0.6 is 15.9 Å². The second-order valence-corrected chi connectivity index (χ2v) is 5.75. The van der Waals surface area contributed by atoms with E-state index in [4.69, 9.17) is 9.84 Å². The summed E-state index contributed by atoms with van der Waals surface area (Å²) in [4.78, 5) is 23.2. The molecule has 5 nitrogen and oxygen atoms in total. The summed E-state index contributed by atoms with van der Waals surface area (Å²) in [6.45, 7) is 0. The zero-order chi connectivity index (χ0) is 14.7. The van der Waals surface area contributed by atoms with Gasteiger partial charge in [0.05, 0.1) is 11.6 Å². The Morgan fingerprint density at radius 2 is 2.20 bits per heavy atom. The number of carboxylic acid groups (broad SMARTS) is 1. The van der Waals surface area contributed by atoms with Crippen LogP contribution in [0, 0.1) is 5.92 Å². The third kappa shape index (κ3) is 3.72. The van der Waals surface area contributed by atoms with Crippen molar-refractivity contribution in [2.75, 3.05) is 7.11 Å². The van der Waals surface area contributed by atoms with E-state index in [1.807, 2.05) is 0 Å². The van der Waals surface area contributed by atoms with Crippen LogP contribution in [0.3, 0.4) is 0 Å². The Labute approximate surface area is 125 Å². The van der Waals surface area contributed by atoms with Crippen LogP contribution in [0.1, 0.15) is 29.6 Å². The average Bonchev–Trinajstić information content (AvgIpc) is 3.21. The maximum Gasteiger partial charge on any atom is 0.326 e. The molecule has 2 N–H and O–H groups in total. The van der Waals surface area contributed by atoms with Gasteiger partial charge in [-0.2, -0.15) is 0 Å². The first-order valence-electron chi connectivity index (χ1n) is 6.38. The Morgan fingerprint density at radius 3 is 2.70 bits per heavy atom. The number of carbonyl (C=O) groups is 2. The summed E-state index contributed by atoms with van der Waals surface area (Å²) in [5.74, 6) is -0.326. The highest BCUT2D eigenvalue weighted by atomic mass is 79.9. The lowest BCUT2D eigenvalue weighted by molar-refractivity contribution is -0.139. The highest BCUT2D eigenvalue weighted by Crippen LogP contribution is 2.33. The van der Waals surface area contributed by atoms with Crippen molar-refractivity contribution in [3.05, 3.63) is 28.2 Å². The number of aliphatic carboxylic acids is 1. The van der Waals surface area contributed by atoms with Crippen LogP contribution in [-0.2, 0) is 4.79 Å². The molecule has 6 heteroatoms. The number of nitrogens with one attached hydrogen (secondary N) is 1. The van der Waals surface area contributed by atoms with Crippen molar-refractivity contribution in [1.29, 1.82) is 0 Å². The van der Waals surface area contributed by atoms with Crippen molar-refractivity contribution >= 4 is 27.8 Å². The van der Waals surface area contributed by atoms with Gasteiger partial charge < -0.3 is 15.2 Å². The lowest BCUT2D eigenvalue weighted by Crippen LogP contribution is -2.41. The standard InChI is InChI=1S/C14H16BrNO4/c1-20-12-5-4-9(7-10(12)15)13(17)16-11(14(18)19)6-8-2-3-8/h4-5,7-8,11H,2-3,6H2,1H3,(H,16,17)(H,18,19). The fourth-order valence-electron chi connectivity index (χ4n) is 1.96. The molecule has 0 aliphatic heterocycles. The van der Waals surface area contributed by atoms with Gasteiger partial charge in [-0.15, -0.1) is 0 Å². The lowest BCUT2D eigenvalue weighted by Gasteiger charge is -2.14. The van der Waals surface area contributed by atoms with Gasteiger partial charge in [0.1, 0.15) is 11.8 Å². The fourth-order valence-corrected chi connectivity index (χ4v) is 2.50. The Bertz CT molecular complexity index is 528. The molecule has 0 bridgehead atoms. The quantitative estimate of drug-likeness (QED) is 0.833. The van der Waals surface area contributed by atoms with Crippen LogP contribution in [0.25, 0.3) is 0 Å². The van der Waals surface area contributed by atoms with E-state index in [1.54, 1.807) is 18.2 Å². The van der Waals surface area contributed by atoms with Gasteiger partial charge in [0.25, 0.3) is 5.91 Å². The van der Waals surface area contributed by atoms with Crippen LogP contribution in [0.15, 0.2) is 22.7 Å². The van der Waals surface area contributed by atoms with Gasteiger partial charge in [-0.3, -0.25) is 4.79 Å². The Kier molecular flexibility index (Phi) is 4.65. The maximum absolute atomic E-state index is 12.1. The molecule has 1 aliphatic rings. The number of carbonyl (C=O) groups excluding carboxylic acids is 1. The Hall–Kier alpha value is -1.56. The van der Waals surface area contributed by atoms with E-state index in [2.05, 4.69) is 21.2 Å². The fraction of sp³-hybridized carbons (Fsp3) is 0.429. The van der Waals surface area contributed by atoms with Crippen LogP contribution in [0.4, 0.5) is 0 Å². The van der Waals surface area contributed by atoms with Gasteiger partial charge in [-0.25, -0.2) is 4.79 Å². The number of hydrogen-bond donors (Lipinski definition) is 2. The molecule has 2 rings (SSSR count). The molecule has 0 spiro atoms. The summed E-state index contributed by atoms with van der Waals surface area (Å²) < 4.78 is 5.74. The average molecular weight is 342 g/mol. The SMILES string of the molecule is COc1ccc(C(=O)NC(CC2CC2)C(=O)O)cc1Br. The molecule has 0 heterocycles. The zero-order valence-corrected chi connectivity index (χ0v) is 12.6. The first-order valence-corrected chi connectivity index (χ1v) is 7.17. The van der Waals surface area contributed by atoms with Crippen molar-refractivity contribution in [2.45, 2.75) is 25.3 Å². The topological polar surface area (TPSA) is 75.6 Å². The minimum Gasteiger partial charge on any atom is -0.496 e. The number of carboxylic acids is 1. The number of ether oxygens (including phenoxy) is 1. The molecule has 1 aromatic carbocycles. The Balaban J connectivity index is 2.05. The van der Waals surface area contributed by atoms with Crippen LogP contribution < -0.4 is 10.1 Å². The molecular weight excluding hydrogens is 326 g/mol. The predicted molar refractivity (Wildman–Crippen MR) is 76.9 cm³/mol. The van der Waals surface area contributed by atoms with E-state index >= 15 is 0 Å². The highest BCUT2D eigenvalue weighted by molar-refractivity contribution is 9.10. The molecule has 0 saturated heterocycles. The van der Waals surface area contributed by atoms with Crippen LogP contribution in [-0.4, -0.2) is 30.1 Å². The van der Waals surface area contributed by atoms with E-state index in [0.29, 0.717) is 28.1 Å². The van der Waals surface area contributed by atoms with E-state index in [-0.39, 0.29) is 5.91 Å². The number of amides is 1. The van der Waals surface area contributed by atoms with Gasteiger partial charge in [-0.05, 0) is 46.5 Å². The molecule has 1 unspecified atom stereocenters. The highest BCUT2D eigenvalue weighted by Gasteiger charge is 2.30. The van der Waals surface area contributed by atoms with Crippen LogP contribution in [0.2, 0.25) is 0 Å². The number of methoxy groups -OCH3 is 1. The molecule has 108 valence electrons. The number of halogens is 1. The van der Waals surface area contributed by atoms with E-state index < -0.39 is 12.0 Å². The molecule has 1 fully saturated rings. The molecule has 0 radical (unpaired) electrons. The third-order valence-electron chi connectivity index (χ3n) is 3.28. The van der Waals surface area contributed by atoms with Crippen molar-refractivity contribution in [3.8, 4) is 5.75 Å². The van der Waals surface area contributed by atoms with Gasteiger partial charge in [-0.1, -0.05) is 12.8 Å². The maximum atomic E-state index is 12.1. The molecule has 1 aliphatic carbocycles. The minimum atomic E-state index is -0.988. The summed E-state index contributed by atoms with van der Waals surface area (Å²) in [5.41, 5.74) is 0.403. The van der Waals surface area contributed by atoms with Crippen molar-refractivity contribution in [2.24, 2.45) is 5.92 Å². The summed E-state index contributed by atoms with van der Waals surface area (Å²) in [5, 5.41) is 11.7. The molecular formula is C14H16BrNO4. The molecule has 20 heavy (non-hydrogen) atoms. The van der Waals surface area contributed by atoms with Crippen molar-refractivity contribution in [3.63, 3.8) is 0 Å². The van der Waals surface area contributed by atoms with Gasteiger partial charge in [0.15, 0.2) is 0 Å². The number of hydrogen-bond acceptors (Lipinski definition) is 3. The largest absolute Gasteiger partial charge is 0.496 e. The summed E-state index contributed by atoms with van der Waals surface area (Å²) in [7, 11) is 1.54. The monoisotopic (exact) mass is 341 g/mol. The lowest BCUT2D eigenvalue weighted by atomic mass is 10.1. The number of benzene rings is 1. The van der Waals surface area contributed by atoms with Gasteiger partial charge in [0, 0.05) is 5.56 Å². The second-order valence-electron chi connectivity index (χ2n) is 4.89. The smallest absolute Gasteiger partial charge is 0.326 e. The first kappa shape index (κ1) is 14.8. The second kappa shape index (κ2) is 6.26. The van der Waals surface area contributed by atoms with Gasteiger partial charge in [0.2, 0.25) is 0 Å². The van der Waals surface area contributed by atoms with Gasteiger partial charge >= 0.3 is 5.97 Å². The zero-order valence-electron chi connectivity index (χ0n) is 11.1. The van der Waals surface area contributed by atoms with Crippen LogP contribution in [0.5, 0.6) is 5.75 Å². The summed E-state index contributed by atoms with van der Waals surface area (Å²) in [6, 6.07) is 4.06. The summed E-state index contributed by atoms with van der Waals surface area (Å²) >= 11 is 3.30. The minimum absolute atomic E-state index is 0.388. The third-order valence-corrected chi connectivity index (χ3v) is 3.90. The predicted octanol–water partition coefficient (Wildman–Crippen LogP) is 2.44. The number of rotatable bonds is 6. The molecule has 1 atom stereocenters.